The summed E-state index contributed by atoms with van der Waals surface area (Å²) in [7, 11) is 0. The summed E-state index contributed by atoms with van der Waals surface area (Å²) in [5.41, 5.74) is 0. The van der Waals surface area contributed by atoms with E-state index in [0.717, 1.165) is 25.7 Å². The van der Waals surface area contributed by atoms with Crippen LogP contribution in [0.2, 0.25) is 0 Å². The topological polar surface area (TPSA) is 58.6 Å². The van der Waals surface area contributed by atoms with Crippen molar-refractivity contribution in [1.82, 2.24) is 10.2 Å². The highest BCUT2D eigenvalue weighted by molar-refractivity contribution is 5.81. The van der Waals surface area contributed by atoms with E-state index >= 15 is 0 Å². The summed E-state index contributed by atoms with van der Waals surface area (Å²) in [5.74, 6) is 0.911. The molecule has 1 heterocycles. The molecule has 0 spiro atoms. The zero-order chi connectivity index (χ0) is 15.4. The summed E-state index contributed by atoms with van der Waals surface area (Å²) in [6.45, 7) is 1.34. The minimum absolute atomic E-state index is 0.00935. The lowest BCUT2D eigenvalue weighted by Gasteiger charge is -2.31. The minimum atomic E-state index is -0.00935. The first-order valence-corrected chi connectivity index (χ1v) is 7.98. The lowest BCUT2D eigenvalue weighted by atomic mass is 9.96. The van der Waals surface area contributed by atoms with Crippen LogP contribution in [0.4, 0.5) is 0 Å². The Labute approximate surface area is 130 Å². The Bertz CT molecular complexity index is 520. The van der Waals surface area contributed by atoms with Crippen molar-refractivity contribution in [3.05, 3.63) is 30.3 Å². The third kappa shape index (κ3) is 4.00. The highest BCUT2D eigenvalue weighted by atomic mass is 16.5. The fourth-order valence-corrected chi connectivity index (χ4v) is 2.69. The molecule has 5 nitrogen and oxygen atoms in total. The Balaban J connectivity index is 1.40. The van der Waals surface area contributed by atoms with Gasteiger partial charge in [-0.05, 0) is 37.8 Å². The first kappa shape index (κ1) is 14.9. The van der Waals surface area contributed by atoms with E-state index in [4.69, 9.17) is 4.74 Å². The molecule has 0 atom stereocenters. The Morgan fingerprint density at radius 1 is 1.09 bits per heavy atom. The second-order valence-corrected chi connectivity index (χ2v) is 6.04. The number of piperidine rings is 1. The predicted octanol–water partition coefficient (Wildman–Crippen LogP) is 1.58. The summed E-state index contributed by atoms with van der Waals surface area (Å²) < 4.78 is 5.49. The molecule has 1 aromatic rings. The van der Waals surface area contributed by atoms with E-state index in [2.05, 4.69) is 5.32 Å². The highest BCUT2D eigenvalue weighted by Gasteiger charge is 2.31. The van der Waals surface area contributed by atoms with E-state index in [0.29, 0.717) is 24.9 Å². The van der Waals surface area contributed by atoms with Crippen molar-refractivity contribution in [2.75, 3.05) is 19.7 Å². The van der Waals surface area contributed by atoms with Crippen molar-refractivity contribution in [3.63, 3.8) is 0 Å². The summed E-state index contributed by atoms with van der Waals surface area (Å²) in [5, 5.41) is 3.05. The average Bonchev–Trinajstić information content (AvgIpc) is 3.37. The highest BCUT2D eigenvalue weighted by Crippen LogP contribution is 2.22. The van der Waals surface area contributed by atoms with Gasteiger partial charge in [-0.25, -0.2) is 0 Å². The largest absolute Gasteiger partial charge is 0.484 e. The zero-order valence-corrected chi connectivity index (χ0v) is 12.7. The van der Waals surface area contributed by atoms with Crippen LogP contribution in [0.3, 0.4) is 0 Å². The van der Waals surface area contributed by atoms with Crippen molar-refractivity contribution in [3.8, 4) is 5.75 Å². The lowest BCUT2D eigenvalue weighted by molar-refractivity contribution is -0.137. The van der Waals surface area contributed by atoms with Gasteiger partial charge in [-0.15, -0.1) is 0 Å². The Morgan fingerprint density at radius 2 is 1.77 bits per heavy atom. The fourth-order valence-electron chi connectivity index (χ4n) is 2.69. The molecule has 2 amide bonds. The van der Waals surface area contributed by atoms with Gasteiger partial charge >= 0.3 is 0 Å². The molecule has 0 aromatic heterocycles. The van der Waals surface area contributed by atoms with Gasteiger partial charge in [0, 0.05) is 25.0 Å². The smallest absolute Gasteiger partial charge is 0.260 e. The predicted molar refractivity (Wildman–Crippen MR) is 82.4 cm³/mol. The molecule has 0 bridgehead atoms. The molecule has 2 fully saturated rings. The molecule has 1 aliphatic heterocycles. The molecule has 118 valence electrons. The van der Waals surface area contributed by atoms with Gasteiger partial charge in [0.05, 0.1) is 0 Å². The first-order valence-electron chi connectivity index (χ1n) is 7.98. The zero-order valence-electron chi connectivity index (χ0n) is 12.7. The van der Waals surface area contributed by atoms with E-state index in [9.17, 15) is 9.59 Å². The number of carbonyl (C=O) groups is 2. The van der Waals surface area contributed by atoms with Gasteiger partial charge < -0.3 is 15.0 Å². The number of nitrogens with zero attached hydrogens (tertiary/aromatic N) is 1. The first-order chi connectivity index (χ1) is 10.7. The summed E-state index contributed by atoms with van der Waals surface area (Å²) in [4.78, 5) is 25.9. The maximum absolute atomic E-state index is 12.1. The van der Waals surface area contributed by atoms with E-state index in [1.54, 1.807) is 4.90 Å². The Kier molecular flexibility index (Phi) is 4.61. The third-order valence-corrected chi connectivity index (χ3v) is 4.25. The minimum Gasteiger partial charge on any atom is -0.484 e. The van der Waals surface area contributed by atoms with Crippen molar-refractivity contribution < 1.29 is 14.3 Å². The van der Waals surface area contributed by atoms with Crippen LogP contribution in [0.15, 0.2) is 30.3 Å². The van der Waals surface area contributed by atoms with Gasteiger partial charge in [0.2, 0.25) is 5.91 Å². The van der Waals surface area contributed by atoms with Gasteiger partial charge in [0.25, 0.3) is 5.91 Å². The van der Waals surface area contributed by atoms with Gasteiger partial charge in [0.1, 0.15) is 5.75 Å². The quantitative estimate of drug-likeness (QED) is 0.898. The molecule has 0 unspecified atom stereocenters. The molecule has 2 aliphatic rings. The monoisotopic (exact) mass is 302 g/mol. The molecule has 1 saturated carbocycles. The normalized spacial score (nSPS) is 18.8. The van der Waals surface area contributed by atoms with E-state index in [-0.39, 0.29) is 24.3 Å². The van der Waals surface area contributed by atoms with Crippen LogP contribution in [-0.2, 0) is 9.59 Å². The number of hydrogen-bond acceptors (Lipinski definition) is 3. The van der Waals surface area contributed by atoms with Gasteiger partial charge in [0.15, 0.2) is 6.61 Å². The average molecular weight is 302 g/mol. The molecule has 5 heteroatoms. The maximum atomic E-state index is 12.1. The lowest BCUT2D eigenvalue weighted by Crippen LogP contribution is -2.44. The number of amides is 2. The number of nitrogens with one attached hydrogen (secondary N) is 1. The number of benzene rings is 1. The molecule has 22 heavy (non-hydrogen) atoms. The Morgan fingerprint density at radius 3 is 2.41 bits per heavy atom. The summed E-state index contributed by atoms with van der Waals surface area (Å²) in [6.07, 6.45) is 3.71. The van der Waals surface area contributed by atoms with Crippen LogP contribution in [-0.4, -0.2) is 42.5 Å². The van der Waals surface area contributed by atoms with E-state index < -0.39 is 0 Å². The standard InChI is InChI=1S/C17H22N2O3/c20-16(12-22-15-4-2-1-3-5-15)19-10-8-13(9-11-19)17(21)18-14-6-7-14/h1-5,13-14H,6-12H2,(H,18,21). The van der Waals surface area contributed by atoms with Crippen LogP contribution in [0, 0.1) is 5.92 Å². The number of para-hydroxylation sites is 1. The summed E-state index contributed by atoms with van der Waals surface area (Å²) in [6, 6.07) is 9.75. The third-order valence-electron chi connectivity index (χ3n) is 4.25. The van der Waals surface area contributed by atoms with Crippen LogP contribution in [0.25, 0.3) is 0 Å². The second kappa shape index (κ2) is 6.81. The van der Waals surface area contributed by atoms with Gasteiger partial charge in [-0.1, -0.05) is 18.2 Å². The number of likely N-dealkylation sites (tertiary alicyclic amines) is 1. The second-order valence-electron chi connectivity index (χ2n) is 6.04. The van der Waals surface area contributed by atoms with Crippen LogP contribution < -0.4 is 10.1 Å². The molecule has 1 aromatic carbocycles. The fraction of sp³-hybridized carbons (Fsp3) is 0.529. The maximum Gasteiger partial charge on any atom is 0.260 e. The molecule has 0 radical (unpaired) electrons. The van der Waals surface area contributed by atoms with Crippen LogP contribution >= 0.6 is 0 Å². The molecule has 1 N–H and O–H groups in total. The van der Waals surface area contributed by atoms with Crippen LogP contribution in [0.5, 0.6) is 5.75 Å². The number of ether oxygens (including phenoxy) is 1. The Hall–Kier alpha value is -2.04. The van der Waals surface area contributed by atoms with Gasteiger partial charge in [-0.2, -0.15) is 0 Å². The number of carbonyl (C=O) groups excluding carboxylic acids is 2. The molecule has 1 aliphatic carbocycles. The number of rotatable bonds is 5. The number of hydrogen-bond donors (Lipinski definition) is 1. The van der Waals surface area contributed by atoms with Crippen molar-refractivity contribution in [1.29, 1.82) is 0 Å². The van der Waals surface area contributed by atoms with Crippen molar-refractivity contribution in [2.24, 2.45) is 5.92 Å². The van der Waals surface area contributed by atoms with Crippen molar-refractivity contribution >= 4 is 11.8 Å². The molecule has 3 rings (SSSR count). The van der Waals surface area contributed by atoms with Crippen molar-refractivity contribution in [2.45, 2.75) is 31.7 Å². The molecule has 1 saturated heterocycles. The SMILES string of the molecule is O=C(NC1CC1)C1CCN(C(=O)COc2ccccc2)CC1. The van der Waals surface area contributed by atoms with Crippen LogP contribution in [0.1, 0.15) is 25.7 Å². The summed E-state index contributed by atoms with van der Waals surface area (Å²) >= 11 is 0. The van der Waals surface area contributed by atoms with E-state index in [1.807, 2.05) is 30.3 Å². The van der Waals surface area contributed by atoms with Gasteiger partial charge in [-0.3, -0.25) is 9.59 Å². The van der Waals surface area contributed by atoms with E-state index in [1.165, 1.54) is 0 Å². The molecular formula is C17H22N2O3. The molecular weight excluding hydrogens is 280 g/mol.